The van der Waals surface area contributed by atoms with Crippen molar-refractivity contribution in [2.24, 2.45) is 5.92 Å². The van der Waals surface area contributed by atoms with Gasteiger partial charge in [0.2, 0.25) is 0 Å². The summed E-state index contributed by atoms with van der Waals surface area (Å²) in [5, 5.41) is 0. The molecule has 0 aliphatic carbocycles. The molecule has 0 N–H and O–H groups in total. The zero-order valence-corrected chi connectivity index (χ0v) is 10.7. The molecule has 0 aromatic rings. The number of hydrogen-bond acceptors (Lipinski definition) is 1. The molecule has 0 amide bonds. The Hall–Kier alpha value is -0.0400. The van der Waals surface area contributed by atoms with E-state index in [2.05, 4.69) is 32.6 Å². The van der Waals surface area contributed by atoms with Gasteiger partial charge in [-0.05, 0) is 32.0 Å². The minimum Gasteiger partial charge on any atom is -0.304 e. The summed E-state index contributed by atoms with van der Waals surface area (Å²) in [4.78, 5) is 2.52. The molecule has 0 atom stereocenters. The number of hydrogen-bond donors (Lipinski definition) is 0. The normalized spacial score (nSPS) is 11.6. The highest BCUT2D eigenvalue weighted by atomic mass is 15.1. The third kappa shape index (κ3) is 8.55. The van der Waals surface area contributed by atoms with E-state index in [1.54, 1.807) is 0 Å². The van der Waals surface area contributed by atoms with Crippen molar-refractivity contribution in [2.45, 2.75) is 59.8 Å². The lowest BCUT2D eigenvalue weighted by atomic mass is 10.0. The lowest BCUT2D eigenvalue weighted by Crippen LogP contribution is -2.23. The average Bonchev–Trinajstić information content (AvgIpc) is 2.16. The molecule has 0 unspecified atom stereocenters. The first-order valence-electron chi connectivity index (χ1n) is 6.43. The molecule has 1 heteroatoms. The van der Waals surface area contributed by atoms with Gasteiger partial charge in [-0.2, -0.15) is 0 Å². The monoisotopic (exact) mass is 199 g/mol. The Balaban J connectivity index is 3.12. The number of rotatable bonds is 9. The van der Waals surface area contributed by atoms with Gasteiger partial charge in [0.15, 0.2) is 0 Å². The van der Waals surface area contributed by atoms with Crippen LogP contribution in [0.1, 0.15) is 59.8 Å². The van der Waals surface area contributed by atoms with Gasteiger partial charge < -0.3 is 4.90 Å². The van der Waals surface area contributed by atoms with E-state index in [-0.39, 0.29) is 0 Å². The van der Waals surface area contributed by atoms with E-state index in [0.717, 1.165) is 5.92 Å². The van der Waals surface area contributed by atoms with Crippen LogP contribution in [0.2, 0.25) is 0 Å². The molecule has 0 fully saturated rings. The molecule has 0 radical (unpaired) electrons. The van der Waals surface area contributed by atoms with Crippen LogP contribution in [0.3, 0.4) is 0 Å². The van der Waals surface area contributed by atoms with Gasteiger partial charge in [0, 0.05) is 0 Å². The Morgan fingerprint density at radius 2 is 1.43 bits per heavy atom. The first kappa shape index (κ1) is 14.0. The summed E-state index contributed by atoms with van der Waals surface area (Å²) in [7, 11) is 0. The van der Waals surface area contributed by atoms with Crippen LogP contribution in [-0.4, -0.2) is 24.5 Å². The van der Waals surface area contributed by atoms with Crippen molar-refractivity contribution in [3.05, 3.63) is 0 Å². The van der Waals surface area contributed by atoms with Gasteiger partial charge in [-0.15, -0.1) is 0 Å². The zero-order valence-electron chi connectivity index (χ0n) is 10.7. The lowest BCUT2D eigenvalue weighted by Gasteiger charge is -2.17. The Morgan fingerprint density at radius 3 is 1.93 bits per heavy atom. The van der Waals surface area contributed by atoms with Crippen LogP contribution in [0.15, 0.2) is 0 Å². The highest BCUT2D eigenvalue weighted by molar-refractivity contribution is 4.53. The van der Waals surface area contributed by atoms with Crippen LogP contribution in [-0.2, 0) is 0 Å². The first-order valence-corrected chi connectivity index (χ1v) is 6.43. The van der Waals surface area contributed by atoms with Crippen molar-refractivity contribution >= 4 is 0 Å². The summed E-state index contributed by atoms with van der Waals surface area (Å²) in [5.74, 6) is 0.887. The summed E-state index contributed by atoms with van der Waals surface area (Å²) in [6, 6.07) is 0. The predicted molar refractivity (Wildman–Crippen MR) is 65.7 cm³/mol. The second kappa shape index (κ2) is 9.51. The Morgan fingerprint density at radius 1 is 0.857 bits per heavy atom. The summed E-state index contributed by atoms with van der Waals surface area (Å²) in [6.07, 6.45) is 7.07. The Kier molecular flexibility index (Phi) is 9.49. The Bertz CT molecular complexity index is 106. The van der Waals surface area contributed by atoms with Gasteiger partial charge in [0.1, 0.15) is 0 Å². The van der Waals surface area contributed by atoms with E-state index >= 15 is 0 Å². The molecule has 0 bridgehead atoms. The fourth-order valence-corrected chi connectivity index (χ4v) is 1.78. The van der Waals surface area contributed by atoms with Crippen molar-refractivity contribution < 1.29 is 0 Å². The molecule has 86 valence electrons. The second-order valence-corrected chi connectivity index (χ2v) is 4.62. The van der Waals surface area contributed by atoms with Crippen LogP contribution in [0, 0.1) is 5.92 Å². The molecule has 14 heavy (non-hydrogen) atoms. The fourth-order valence-electron chi connectivity index (χ4n) is 1.78. The number of unbranched alkanes of at least 4 members (excludes halogenated alkanes) is 3. The summed E-state index contributed by atoms with van der Waals surface area (Å²) in [5.41, 5.74) is 0. The highest BCUT2D eigenvalue weighted by Crippen LogP contribution is 2.09. The van der Waals surface area contributed by atoms with Crippen molar-refractivity contribution in [1.29, 1.82) is 0 Å². The topological polar surface area (TPSA) is 3.24 Å². The van der Waals surface area contributed by atoms with Crippen LogP contribution in [0.25, 0.3) is 0 Å². The summed E-state index contributed by atoms with van der Waals surface area (Å²) >= 11 is 0. The first-order chi connectivity index (χ1) is 6.70. The second-order valence-electron chi connectivity index (χ2n) is 4.62. The van der Waals surface area contributed by atoms with Crippen molar-refractivity contribution in [3.8, 4) is 0 Å². The molecule has 0 rings (SSSR count). The van der Waals surface area contributed by atoms with Crippen LogP contribution >= 0.6 is 0 Å². The van der Waals surface area contributed by atoms with Crippen LogP contribution in [0.5, 0.6) is 0 Å². The molecule has 0 aliphatic heterocycles. The van der Waals surface area contributed by atoms with Gasteiger partial charge in [-0.1, -0.05) is 53.4 Å². The molecular formula is C13H29N. The van der Waals surface area contributed by atoms with Crippen molar-refractivity contribution in [1.82, 2.24) is 4.90 Å². The molecule has 0 aromatic carbocycles. The van der Waals surface area contributed by atoms with Gasteiger partial charge in [0.05, 0.1) is 0 Å². The molecule has 0 spiro atoms. The number of nitrogens with zero attached hydrogens (tertiary/aromatic N) is 1. The maximum Gasteiger partial charge on any atom is -0.00190 e. The minimum atomic E-state index is 0.887. The van der Waals surface area contributed by atoms with E-state index in [1.807, 2.05) is 0 Å². The molecule has 0 aromatic heterocycles. The van der Waals surface area contributed by atoms with Gasteiger partial charge in [-0.25, -0.2) is 0 Å². The van der Waals surface area contributed by atoms with Crippen molar-refractivity contribution in [3.63, 3.8) is 0 Å². The highest BCUT2D eigenvalue weighted by Gasteiger charge is 1.98. The quantitative estimate of drug-likeness (QED) is 0.508. The zero-order chi connectivity index (χ0) is 10.8. The van der Waals surface area contributed by atoms with E-state index in [1.165, 1.54) is 51.7 Å². The van der Waals surface area contributed by atoms with Gasteiger partial charge in [0.25, 0.3) is 0 Å². The smallest absolute Gasteiger partial charge is 0.00190 e. The summed E-state index contributed by atoms with van der Waals surface area (Å²) in [6.45, 7) is 12.9. The standard InChI is InChI=1S/C13H29N/c1-5-14(6-2)12-10-8-7-9-11-13(3)4/h13H,5-12H2,1-4H3. The Labute approximate surface area is 90.9 Å². The molecule has 0 saturated carbocycles. The molecule has 0 aliphatic rings. The van der Waals surface area contributed by atoms with Gasteiger partial charge in [-0.3, -0.25) is 0 Å². The predicted octanol–water partition coefficient (Wildman–Crippen LogP) is 3.93. The average molecular weight is 199 g/mol. The molecule has 0 saturated heterocycles. The maximum atomic E-state index is 2.52. The fraction of sp³-hybridized carbons (Fsp3) is 1.00. The maximum absolute atomic E-state index is 2.52. The van der Waals surface area contributed by atoms with E-state index in [9.17, 15) is 0 Å². The van der Waals surface area contributed by atoms with Crippen LogP contribution < -0.4 is 0 Å². The molecule has 0 heterocycles. The molecule has 1 nitrogen and oxygen atoms in total. The van der Waals surface area contributed by atoms with Crippen molar-refractivity contribution in [2.75, 3.05) is 19.6 Å². The minimum absolute atomic E-state index is 0.887. The van der Waals surface area contributed by atoms with Gasteiger partial charge >= 0.3 is 0 Å². The van der Waals surface area contributed by atoms with Crippen LogP contribution in [0.4, 0.5) is 0 Å². The van der Waals surface area contributed by atoms with E-state index in [4.69, 9.17) is 0 Å². The summed E-state index contributed by atoms with van der Waals surface area (Å²) < 4.78 is 0. The SMILES string of the molecule is CCN(CC)CCCCCCC(C)C. The molecular weight excluding hydrogens is 170 g/mol. The third-order valence-electron chi connectivity index (χ3n) is 2.90. The third-order valence-corrected chi connectivity index (χ3v) is 2.90. The largest absolute Gasteiger partial charge is 0.304 e. The van der Waals surface area contributed by atoms with E-state index < -0.39 is 0 Å². The van der Waals surface area contributed by atoms with E-state index in [0.29, 0.717) is 0 Å². The lowest BCUT2D eigenvalue weighted by molar-refractivity contribution is 0.295.